The van der Waals surface area contributed by atoms with Gasteiger partial charge < -0.3 is 10.0 Å². The third kappa shape index (κ3) is 4.26. The van der Waals surface area contributed by atoms with E-state index in [1.807, 2.05) is 0 Å². The maximum absolute atomic E-state index is 10.5. The number of hydrogen-bond donors (Lipinski definition) is 1. The Bertz CT molecular complexity index is 209. The van der Waals surface area contributed by atoms with Crippen LogP contribution in [0.4, 0.5) is 0 Å². The van der Waals surface area contributed by atoms with Crippen molar-refractivity contribution in [3.63, 3.8) is 0 Å². The molecule has 17 heavy (non-hydrogen) atoms. The van der Waals surface area contributed by atoms with Crippen molar-refractivity contribution in [1.82, 2.24) is 4.90 Å². The minimum absolute atomic E-state index is 0.118. The molecule has 0 radical (unpaired) electrons. The van der Waals surface area contributed by atoms with Gasteiger partial charge in [-0.3, -0.25) is 0 Å². The van der Waals surface area contributed by atoms with Crippen molar-refractivity contribution >= 4 is 0 Å². The molecular weight excluding hydrogens is 210 g/mol. The molecule has 1 N–H and O–H groups in total. The molecular formula is C15H31NO. The number of aliphatic hydroxyl groups excluding tert-OH is 1. The Morgan fingerprint density at radius 1 is 1.18 bits per heavy atom. The summed E-state index contributed by atoms with van der Waals surface area (Å²) in [6.45, 7) is 12.4. The molecule has 2 nitrogen and oxygen atoms in total. The van der Waals surface area contributed by atoms with Crippen molar-refractivity contribution in [3.05, 3.63) is 0 Å². The lowest BCUT2D eigenvalue weighted by Gasteiger charge is -2.42. The molecule has 0 spiro atoms. The van der Waals surface area contributed by atoms with E-state index in [0.717, 1.165) is 6.54 Å². The highest BCUT2D eigenvalue weighted by atomic mass is 16.3. The summed E-state index contributed by atoms with van der Waals surface area (Å²) in [5.41, 5.74) is 0.118. The minimum Gasteiger partial charge on any atom is -0.392 e. The quantitative estimate of drug-likeness (QED) is 0.771. The highest BCUT2D eigenvalue weighted by Crippen LogP contribution is 2.39. The molecule has 0 saturated heterocycles. The predicted octanol–water partition coefficient (Wildman–Crippen LogP) is 3.30. The molecule has 1 saturated carbocycles. The molecule has 0 amide bonds. The molecule has 1 aliphatic rings. The largest absolute Gasteiger partial charge is 0.392 e. The van der Waals surface area contributed by atoms with Crippen LogP contribution in [0.15, 0.2) is 0 Å². The lowest BCUT2D eigenvalue weighted by molar-refractivity contribution is -0.0429. The Morgan fingerprint density at radius 2 is 1.76 bits per heavy atom. The molecule has 2 unspecified atom stereocenters. The fourth-order valence-electron chi connectivity index (χ4n) is 3.21. The summed E-state index contributed by atoms with van der Waals surface area (Å²) in [6.07, 6.45) is 5.97. The number of aliphatic hydroxyl groups is 1. The summed E-state index contributed by atoms with van der Waals surface area (Å²) in [7, 11) is 0. The van der Waals surface area contributed by atoms with Gasteiger partial charge in [0.05, 0.1) is 6.10 Å². The van der Waals surface area contributed by atoms with Crippen LogP contribution in [0.5, 0.6) is 0 Å². The normalized spacial score (nSPS) is 28.6. The van der Waals surface area contributed by atoms with Gasteiger partial charge in [0.25, 0.3) is 0 Å². The van der Waals surface area contributed by atoms with Crippen molar-refractivity contribution in [2.24, 2.45) is 11.3 Å². The van der Waals surface area contributed by atoms with E-state index in [9.17, 15) is 5.11 Å². The lowest BCUT2D eigenvalue weighted by Crippen LogP contribution is -2.45. The predicted molar refractivity (Wildman–Crippen MR) is 74.2 cm³/mol. The molecule has 2 atom stereocenters. The Kier molecular flexibility index (Phi) is 5.94. The van der Waals surface area contributed by atoms with Gasteiger partial charge >= 0.3 is 0 Å². The van der Waals surface area contributed by atoms with Crippen LogP contribution in [-0.2, 0) is 0 Å². The van der Waals surface area contributed by atoms with Crippen LogP contribution in [0, 0.1) is 11.3 Å². The van der Waals surface area contributed by atoms with Gasteiger partial charge in [0, 0.05) is 6.54 Å². The summed E-state index contributed by atoms with van der Waals surface area (Å²) in [5, 5.41) is 10.5. The van der Waals surface area contributed by atoms with Crippen LogP contribution in [0.2, 0.25) is 0 Å². The maximum atomic E-state index is 10.5. The van der Waals surface area contributed by atoms with E-state index in [1.54, 1.807) is 0 Å². The highest BCUT2D eigenvalue weighted by molar-refractivity contribution is 4.89. The monoisotopic (exact) mass is 241 g/mol. The zero-order chi connectivity index (χ0) is 12.9. The van der Waals surface area contributed by atoms with Gasteiger partial charge in [-0.2, -0.15) is 0 Å². The first-order chi connectivity index (χ1) is 8.01. The molecule has 0 aromatic heterocycles. The second-order valence-corrected chi connectivity index (χ2v) is 6.39. The van der Waals surface area contributed by atoms with Crippen LogP contribution in [0.25, 0.3) is 0 Å². The zero-order valence-electron chi connectivity index (χ0n) is 12.2. The first-order valence-electron chi connectivity index (χ1n) is 7.41. The van der Waals surface area contributed by atoms with Crippen LogP contribution >= 0.6 is 0 Å². The van der Waals surface area contributed by atoms with Crippen molar-refractivity contribution < 1.29 is 5.11 Å². The molecule has 0 heterocycles. The average Bonchev–Trinajstić information content (AvgIpc) is 2.25. The van der Waals surface area contributed by atoms with Gasteiger partial charge in [-0.05, 0) is 50.1 Å². The smallest absolute Gasteiger partial charge is 0.0631 e. The lowest BCUT2D eigenvalue weighted by atomic mass is 9.69. The summed E-state index contributed by atoms with van der Waals surface area (Å²) in [5.74, 6) is 0.483. The molecule has 2 heteroatoms. The molecule has 1 fully saturated rings. The Morgan fingerprint density at radius 3 is 2.29 bits per heavy atom. The fraction of sp³-hybridized carbons (Fsp3) is 1.00. The van der Waals surface area contributed by atoms with Crippen LogP contribution < -0.4 is 0 Å². The molecule has 1 rings (SSSR count). The molecule has 1 aliphatic carbocycles. The Labute approximate surface area is 107 Å². The van der Waals surface area contributed by atoms with E-state index in [0.29, 0.717) is 5.92 Å². The summed E-state index contributed by atoms with van der Waals surface area (Å²) >= 11 is 0. The molecule has 0 bridgehead atoms. The standard InChI is InChI=1S/C15H31NO/c1-5-10-16(11-6-2)12-13-8-7-9-15(3,4)14(13)17/h13-14,17H,5-12H2,1-4H3. The minimum atomic E-state index is -0.118. The fourth-order valence-corrected chi connectivity index (χ4v) is 3.21. The van der Waals surface area contributed by atoms with Crippen LogP contribution in [0.3, 0.4) is 0 Å². The molecule has 102 valence electrons. The maximum Gasteiger partial charge on any atom is 0.0631 e. The van der Waals surface area contributed by atoms with Crippen molar-refractivity contribution in [2.45, 2.75) is 65.9 Å². The van der Waals surface area contributed by atoms with Crippen LogP contribution in [0.1, 0.15) is 59.8 Å². The summed E-state index contributed by atoms with van der Waals surface area (Å²) in [6, 6.07) is 0. The number of hydrogen-bond acceptors (Lipinski definition) is 2. The van der Waals surface area contributed by atoms with E-state index in [-0.39, 0.29) is 11.5 Å². The average molecular weight is 241 g/mol. The molecule has 0 aromatic rings. The van der Waals surface area contributed by atoms with Crippen molar-refractivity contribution in [2.75, 3.05) is 19.6 Å². The number of nitrogens with zero attached hydrogens (tertiary/aromatic N) is 1. The molecule has 0 aliphatic heterocycles. The van der Waals surface area contributed by atoms with Gasteiger partial charge in [-0.1, -0.05) is 34.1 Å². The summed E-state index contributed by atoms with van der Waals surface area (Å²) in [4.78, 5) is 2.54. The van der Waals surface area contributed by atoms with E-state index >= 15 is 0 Å². The number of rotatable bonds is 6. The van der Waals surface area contributed by atoms with Crippen molar-refractivity contribution in [1.29, 1.82) is 0 Å². The van der Waals surface area contributed by atoms with Gasteiger partial charge in [-0.15, -0.1) is 0 Å². The Hall–Kier alpha value is -0.0800. The zero-order valence-corrected chi connectivity index (χ0v) is 12.2. The SMILES string of the molecule is CCCN(CCC)CC1CCCC(C)(C)C1O. The van der Waals surface area contributed by atoms with E-state index in [4.69, 9.17) is 0 Å². The summed E-state index contributed by atoms with van der Waals surface area (Å²) < 4.78 is 0. The van der Waals surface area contributed by atoms with Crippen molar-refractivity contribution in [3.8, 4) is 0 Å². The van der Waals surface area contributed by atoms with Gasteiger partial charge in [0.2, 0.25) is 0 Å². The highest BCUT2D eigenvalue weighted by Gasteiger charge is 2.37. The first-order valence-corrected chi connectivity index (χ1v) is 7.41. The second kappa shape index (κ2) is 6.75. The van der Waals surface area contributed by atoms with E-state index in [2.05, 4.69) is 32.6 Å². The Balaban J connectivity index is 2.52. The van der Waals surface area contributed by atoms with Gasteiger partial charge in [0.1, 0.15) is 0 Å². The van der Waals surface area contributed by atoms with Gasteiger partial charge in [-0.25, -0.2) is 0 Å². The third-order valence-electron chi connectivity index (χ3n) is 4.22. The molecule has 0 aromatic carbocycles. The van der Waals surface area contributed by atoms with E-state index < -0.39 is 0 Å². The first kappa shape index (κ1) is 15.0. The van der Waals surface area contributed by atoms with E-state index in [1.165, 1.54) is 45.2 Å². The van der Waals surface area contributed by atoms with Crippen LogP contribution in [-0.4, -0.2) is 35.7 Å². The third-order valence-corrected chi connectivity index (χ3v) is 4.22. The van der Waals surface area contributed by atoms with Gasteiger partial charge in [0.15, 0.2) is 0 Å². The second-order valence-electron chi connectivity index (χ2n) is 6.39. The topological polar surface area (TPSA) is 23.5 Å².